The highest BCUT2D eigenvalue weighted by molar-refractivity contribution is 7.10. The second kappa shape index (κ2) is 5.64. The lowest BCUT2D eigenvalue weighted by Crippen LogP contribution is -2.10. The Kier molecular flexibility index (Phi) is 3.94. The van der Waals surface area contributed by atoms with Gasteiger partial charge in [0.2, 0.25) is 0 Å². The predicted octanol–water partition coefficient (Wildman–Crippen LogP) is 2.59. The molecule has 0 aliphatic heterocycles. The highest BCUT2D eigenvalue weighted by Crippen LogP contribution is 2.20. The molecule has 2 rings (SSSR count). The van der Waals surface area contributed by atoms with Crippen LogP contribution in [0.15, 0.2) is 29.9 Å². The molecule has 0 atom stereocenters. The lowest BCUT2D eigenvalue weighted by Gasteiger charge is -2.06. The summed E-state index contributed by atoms with van der Waals surface area (Å²) in [6.45, 7) is 2.14. The molecule has 4 nitrogen and oxygen atoms in total. The van der Waals surface area contributed by atoms with Crippen molar-refractivity contribution in [3.63, 3.8) is 0 Å². The van der Waals surface area contributed by atoms with Crippen LogP contribution in [0.4, 0.5) is 0 Å². The minimum Gasteiger partial charge on any atom is -0.462 e. The Bertz CT molecular complexity index is 555. The van der Waals surface area contributed by atoms with E-state index in [0.717, 1.165) is 4.88 Å². The second-order valence-corrected chi connectivity index (χ2v) is 4.63. The van der Waals surface area contributed by atoms with Crippen LogP contribution < -0.4 is 0 Å². The minimum atomic E-state index is -0.347. The van der Waals surface area contributed by atoms with Crippen molar-refractivity contribution in [1.82, 2.24) is 9.55 Å². The monoisotopic (exact) mass is 262 g/mol. The molecule has 5 heteroatoms. The van der Waals surface area contributed by atoms with Gasteiger partial charge in [0.25, 0.3) is 0 Å². The number of nitrogens with zero attached hydrogens (tertiary/aromatic N) is 2. The number of thiophene rings is 1. The van der Waals surface area contributed by atoms with Crippen molar-refractivity contribution in [3.8, 4) is 0 Å². The first kappa shape index (κ1) is 12.6. The lowest BCUT2D eigenvalue weighted by molar-refractivity contribution is -0.136. The van der Waals surface area contributed by atoms with Gasteiger partial charge in [0.1, 0.15) is 11.4 Å². The summed E-state index contributed by atoms with van der Waals surface area (Å²) < 4.78 is 6.88. The fourth-order valence-electron chi connectivity index (χ4n) is 1.56. The molecule has 0 amide bonds. The molecule has 18 heavy (non-hydrogen) atoms. The van der Waals surface area contributed by atoms with Crippen LogP contribution in [-0.2, 0) is 16.6 Å². The Morgan fingerprint density at radius 3 is 3.00 bits per heavy atom. The second-order valence-electron chi connectivity index (χ2n) is 3.66. The maximum Gasteiger partial charge on any atom is 0.341 e. The molecule has 0 spiro atoms. The molecule has 0 aromatic carbocycles. The van der Waals surface area contributed by atoms with E-state index >= 15 is 0 Å². The summed E-state index contributed by atoms with van der Waals surface area (Å²) in [6, 6.07) is 3.89. The van der Waals surface area contributed by atoms with E-state index in [1.807, 2.05) is 30.6 Å². The van der Waals surface area contributed by atoms with Crippen LogP contribution >= 0.6 is 11.3 Å². The van der Waals surface area contributed by atoms with E-state index in [-0.39, 0.29) is 5.97 Å². The summed E-state index contributed by atoms with van der Waals surface area (Å²) in [6.07, 6.45) is 5.28. The smallest absolute Gasteiger partial charge is 0.341 e. The molecule has 0 fully saturated rings. The summed E-state index contributed by atoms with van der Waals surface area (Å²) in [7, 11) is 1.85. The summed E-state index contributed by atoms with van der Waals surface area (Å²) in [5.74, 6) is 0.266. The molecule has 94 valence electrons. The number of carbonyl (C=O) groups is 1. The van der Waals surface area contributed by atoms with Gasteiger partial charge >= 0.3 is 5.97 Å². The van der Waals surface area contributed by atoms with E-state index < -0.39 is 0 Å². The first-order valence-electron chi connectivity index (χ1n) is 5.62. The van der Waals surface area contributed by atoms with Gasteiger partial charge in [-0.1, -0.05) is 6.07 Å². The molecule has 0 saturated heterocycles. The molecule has 0 aliphatic rings. The highest BCUT2D eigenvalue weighted by Gasteiger charge is 2.17. The number of carbonyl (C=O) groups excluding carboxylic acids is 1. The van der Waals surface area contributed by atoms with Crippen LogP contribution in [0, 0.1) is 0 Å². The van der Waals surface area contributed by atoms with E-state index in [2.05, 4.69) is 4.98 Å². The van der Waals surface area contributed by atoms with Crippen LogP contribution in [0.1, 0.15) is 17.6 Å². The van der Waals surface area contributed by atoms with Crippen molar-refractivity contribution in [2.45, 2.75) is 6.92 Å². The largest absolute Gasteiger partial charge is 0.462 e. The molecular weight excluding hydrogens is 248 g/mol. The molecule has 2 aromatic heterocycles. The summed E-state index contributed by atoms with van der Waals surface area (Å²) in [5, 5.41) is 1.97. The maximum absolute atomic E-state index is 12.0. The van der Waals surface area contributed by atoms with E-state index in [9.17, 15) is 4.79 Å². The fourth-order valence-corrected chi connectivity index (χ4v) is 2.22. The third-order valence-corrected chi connectivity index (χ3v) is 3.21. The van der Waals surface area contributed by atoms with E-state index in [4.69, 9.17) is 4.74 Å². The number of aryl methyl sites for hydroxylation is 1. The standard InChI is InChI=1S/C13H14N2O2S/c1-3-17-13(16)11(9-10-5-4-8-18-10)12-14-6-7-15(12)2/h4-9H,3H2,1-2H3. The van der Waals surface area contributed by atoms with Crippen LogP contribution in [0.5, 0.6) is 0 Å². The van der Waals surface area contributed by atoms with Crippen molar-refractivity contribution in [2.24, 2.45) is 7.05 Å². The van der Waals surface area contributed by atoms with Crippen LogP contribution in [0.2, 0.25) is 0 Å². The molecule has 0 N–H and O–H groups in total. The number of esters is 1. The zero-order valence-electron chi connectivity index (χ0n) is 10.3. The number of hydrogen-bond acceptors (Lipinski definition) is 4. The molecule has 0 bridgehead atoms. The first-order valence-corrected chi connectivity index (χ1v) is 6.50. The summed E-state index contributed by atoms with van der Waals surface area (Å²) in [4.78, 5) is 17.2. The Hall–Kier alpha value is -1.88. The molecule has 2 aromatic rings. The average molecular weight is 262 g/mol. The molecule has 0 radical (unpaired) electrons. The predicted molar refractivity (Wildman–Crippen MR) is 72.0 cm³/mol. The Labute approximate surface area is 110 Å². The Balaban J connectivity index is 2.41. The van der Waals surface area contributed by atoms with Crippen LogP contribution in [0.3, 0.4) is 0 Å². The molecule has 0 unspecified atom stereocenters. The van der Waals surface area contributed by atoms with Gasteiger partial charge in [-0.3, -0.25) is 0 Å². The van der Waals surface area contributed by atoms with Gasteiger partial charge in [-0.15, -0.1) is 11.3 Å². The van der Waals surface area contributed by atoms with Gasteiger partial charge in [0, 0.05) is 24.3 Å². The third-order valence-electron chi connectivity index (χ3n) is 2.39. The van der Waals surface area contributed by atoms with Crippen LogP contribution in [-0.4, -0.2) is 22.1 Å². The van der Waals surface area contributed by atoms with Gasteiger partial charge in [0.15, 0.2) is 0 Å². The van der Waals surface area contributed by atoms with Crippen molar-refractivity contribution < 1.29 is 9.53 Å². The number of imidazole rings is 1. The average Bonchev–Trinajstić information content (AvgIpc) is 2.97. The summed E-state index contributed by atoms with van der Waals surface area (Å²) in [5.41, 5.74) is 0.479. The number of rotatable bonds is 4. The topological polar surface area (TPSA) is 44.1 Å². The highest BCUT2D eigenvalue weighted by atomic mass is 32.1. The number of ether oxygens (including phenoxy) is 1. The molecule has 0 aliphatic carbocycles. The van der Waals surface area contributed by atoms with Gasteiger partial charge in [-0.25, -0.2) is 9.78 Å². The first-order chi connectivity index (χ1) is 8.72. The summed E-state index contributed by atoms with van der Waals surface area (Å²) >= 11 is 1.57. The van der Waals surface area contributed by atoms with Crippen molar-refractivity contribution >= 4 is 29.0 Å². The maximum atomic E-state index is 12.0. The minimum absolute atomic E-state index is 0.347. The van der Waals surface area contributed by atoms with Gasteiger partial charge in [-0.05, 0) is 24.4 Å². The van der Waals surface area contributed by atoms with Crippen LogP contribution in [0.25, 0.3) is 11.6 Å². The van der Waals surface area contributed by atoms with Gasteiger partial charge in [-0.2, -0.15) is 0 Å². The van der Waals surface area contributed by atoms with E-state index in [1.165, 1.54) is 0 Å². The lowest BCUT2D eigenvalue weighted by atomic mass is 10.2. The van der Waals surface area contributed by atoms with E-state index in [0.29, 0.717) is 18.0 Å². The molecule has 0 saturated carbocycles. The Morgan fingerprint density at radius 2 is 2.44 bits per heavy atom. The number of hydrogen-bond donors (Lipinski definition) is 0. The normalized spacial score (nSPS) is 11.6. The SMILES string of the molecule is CCOC(=O)C(=Cc1cccs1)c1nccn1C. The van der Waals surface area contributed by atoms with Gasteiger partial charge in [0.05, 0.1) is 6.61 Å². The number of aromatic nitrogens is 2. The third kappa shape index (κ3) is 2.68. The van der Waals surface area contributed by atoms with E-state index in [1.54, 1.807) is 35.2 Å². The van der Waals surface area contributed by atoms with Crippen molar-refractivity contribution in [2.75, 3.05) is 6.61 Å². The Morgan fingerprint density at radius 1 is 1.61 bits per heavy atom. The molecule has 2 heterocycles. The van der Waals surface area contributed by atoms with Crippen molar-refractivity contribution in [1.29, 1.82) is 0 Å². The van der Waals surface area contributed by atoms with Crippen molar-refractivity contribution in [3.05, 3.63) is 40.6 Å². The fraction of sp³-hybridized carbons (Fsp3) is 0.231. The quantitative estimate of drug-likeness (QED) is 0.628. The zero-order chi connectivity index (χ0) is 13.0. The molecular formula is C13H14N2O2S. The van der Waals surface area contributed by atoms with Gasteiger partial charge < -0.3 is 9.30 Å². The zero-order valence-corrected chi connectivity index (χ0v) is 11.1.